The van der Waals surface area contributed by atoms with Crippen LogP contribution >= 0.6 is 11.6 Å². The van der Waals surface area contributed by atoms with Crippen LogP contribution in [-0.4, -0.2) is 19.5 Å². The zero-order valence-electron chi connectivity index (χ0n) is 11.0. The third kappa shape index (κ3) is 3.34. The summed E-state index contributed by atoms with van der Waals surface area (Å²) in [5.41, 5.74) is 0.402. The lowest BCUT2D eigenvalue weighted by Gasteiger charge is -2.12. The molecule has 0 radical (unpaired) electrons. The molecular formula is C14H12ClNO4S. The number of benzene rings is 2. The van der Waals surface area contributed by atoms with Crippen LogP contribution in [-0.2, 0) is 10.0 Å². The van der Waals surface area contributed by atoms with Gasteiger partial charge in [-0.3, -0.25) is 4.72 Å². The molecule has 0 bridgehead atoms. The fourth-order valence-electron chi connectivity index (χ4n) is 1.87. The molecule has 0 heterocycles. The zero-order valence-corrected chi connectivity index (χ0v) is 12.6. The molecular weight excluding hydrogens is 314 g/mol. The minimum atomic E-state index is -3.91. The topological polar surface area (TPSA) is 83.5 Å². The maximum absolute atomic E-state index is 12.3. The number of rotatable bonds is 4. The van der Waals surface area contributed by atoms with Gasteiger partial charge in [-0.2, -0.15) is 0 Å². The van der Waals surface area contributed by atoms with Gasteiger partial charge in [0.15, 0.2) is 0 Å². The van der Waals surface area contributed by atoms with Crippen molar-refractivity contribution in [1.29, 1.82) is 0 Å². The molecule has 2 aromatic rings. The first-order valence-electron chi connectivity index (χ1n) is 5.92. The molecule has 21 heavy (non-hydrogen) atoms. The van der Waals surface area contributed by atoms with Crippen LogP contribution in [0.2, 0.25) is 5.02 Å². The Balaban J connectivity index is 2.47. The van der Waals surface area contributed by atoms with Crippen LogP contribution in [0.15, 0.2) is 47.4 Å². The largest absolute Gasteiger partial charge is 0.478 e. The van der Waals surface area contributed by atoms with Gasteiger partial charge in [-0.25, -0.2) is 13.2 Å². The lowest BCUT2D eigenvalue weighted by atomic mass is 10.1. The second kappa shape index (κ2) is 5.75. The van der Waals surface area contributed by atoms with Gasteiger partial charge >= 0.3 is 5.97 Å². The second-order valence-electron chi connectivity index (χ2n) is 4.37. The normalized spacial score (nSPS) is 11.1. The van der Waals surface area contributed by atoms with Gasteiger partial charge in [0.05, 0.1) is 16.1 Å². The van der Waals surface area contributed by atoms with Crippen LogP contribution in [0.25, 0.3) is 0 Å². The summed E-state index contributed by atoms with van der Waals surface area (Å²) >= 11 is 5.77. The van der Waals surface area contributed by atoms with Crippen molar-refractivity contribution < 1.29 is 18.3 Å². The highest BCUT2D eigenvalue weighted by Crippen LogP contribution is 2.24. The van der Waals surface area contributed by atoms with Crippen LogP contribution in [0.4, 0.5) is 5.69 Å². The third-order valence-electron chi connectivity index (χ3n) is 2.84. The molecule has 2 aromatic carbocycles. The summed E-state index contributed by atoms with van der Waals surface area (Å²) in [6, 6.07) is 10.3. The van der Waals surface area contributed by atoms with Crippen molar-refractivity contribution in [2.24, 2.45) is 0 Å². The Morgan fingerprint density at radius 1 is 1.19 bits per heavy atom. The first-order valence-corrected chi connectivity index (χ1v) is 7.78. The Morgan fingerprint density at radius 2 is 1.86 bits per heavy atom. The van der Waals surface area contributed by atoms with Crippen molar-refractivity contribution >= 4 is 33.3 Å². The molecule has 0 aliphatic rings. The van der Waals surface area contributed by atoms with E-state index in [1.54, 1.807) is 25.1 Å². The van der Waals surface area contributed by atoms with E-state index in [1.165, 1.54) is 24.3 Å². The number of anilines is 1. The summed E-state index contributed by atoms with van der Waals surface area (Å²) in [5.74, 6) is -1.20. The van der Waals surface area contributed by atoms with Crippen molar-refractivity contribution in [2.45, 2.75) is 11.8 Å². The Morgan fingerprint density at radius 3 is 2.48 bits per heavy atom. The fraction of sp³-hybridized carbons (Fsp3) is 0.0714. The molecule has 0 amide bonds. The van der Waals surface area contributed by atoms with Crippen molar-refractivity contribution in [2.75, 3.05) is 4.72 Å². The molecule has 0 aliphatic carbocycles. The molecule has 0 saturated carbocycles. The zero-order chi connectivity index (χ0) is 15.6. The number of aryl methyl sites for hydroxylation is 1. The van der Waals surface area contributed by atoms with E-state index in [1.807, 2.05) is 0 Å². The Labute approximate surface area is 127 Å². The van der Waals surface area contributed by atoms with Gasteiger partial charge in [0, 0.05) is 5.02 Å². The lowest BCUT2D eigenvalue weighted by Crippen LogP contribution is -2.16. The average molecular weight is 326 g/mol. The quantitative estimate of drug-likeness (QED) is 0.904. The number of carboxylic acids is 1. The van der Waals surface area contributed by atoms with Crippen molar-refractivity contribution in [3.8, 4) is 0 Å². The Bertz CT molecular complexity index is 802. The summed E-state index contributed by atoms with van der Waals surface area (Å²) in [5, 5.41) is 9.48. The summed E-state index contributed by atoms with van der Waals surface area (Å²) < 4.78 is 26.8. The first kappa shape index (κ1) is 15.3. The molecule has 7 heteroatoms. The van der Waals surface area contributed by atoms with E-state index in [9.17, 15) is 18.3 Å². The van der Waals surface area contributed by atoms with Gasteiger partial charge in [0.25, 0.3) is 10.0 Å². The van der Waals surface area contributed by atoms with E-state index in [2.05, 4.69) is 4.72 Å². The SMILES string of the molecule is Cc1cccc(NS(=O)(=O)c2cccc(Cl)c2)c1C(=O)O. The fourth-order valence-corrected chi connectivity index (χ4v) is 3.25. The molecule has 0 spiro atoms. The molecule has 5 nitrogen and oxygen atoms in total. The van der Waals surface area contributed by atoms with Crippen LogP contribution in [0, 0.1) is 6.92 Å². The van der Waals surface area contributed by atoms with Gasteiger partial charge in [0.2, 0.25) is 0 Å². The van der Waals surface area contributed by atoms with E-state index < -0.39 is 16.0 Å². The first-order chi connectivity index (χ1) is 9.81. The third-order valence-corrected chi connectivity index (χ3v) is 4.44. The van der Waals surface area contributed by atoms with Crippen molar-refractivity contribution in [1.82, 2.24) is 0 Å². The van der Waals surface area contributed by atoms with Gasteiger partial charge in [-0.1, -0.05) is 29.8 Å². The number of nitrogens with one attached hydrogen (secondary N) is 1. The molecule has 0 aromatic heterocycles. The van der Waals surface area contributed by atoms with Crippen molar-refractivity contribution in [3.63, 3.8) is 0 Å². The van der Waals surface area contributed by atoms with Crippen LogP contribution in [0.5, 0.6) is 0 Å². The summed E-state index contributed by atoms with van der Waals surface area (Å²) in [6.45, 7) is 1.60. The van der Waals surface area contributed by atoms with Crippen LogP contribution in [0.1, 0.15) is 15.9 Å². The summed E-state index contributed by atoms with van der Waals surface area (Å²) in [4.78, 5) is 11.2. The predicted octanol–water partition coefficient (Wildman–Crippen LogP) is 3.15. The number of carbonyl (C=O) groups is 1. The maximum Gasteiger partial charge on any atom is 0.338 e. The maximum atomic E-state index is 12.3. The van der Waals surface area contributed by atoms with Gasteiger partial charge in [0.1, 0.15) is 0 Å². The van der Waals surface area contributed by atoms with E-state index in [4.69, 9.17) is 11.6 Å². The second-order valence-corrected chi connectivity index (χ2v) is 6.48. The van der Waals surface area contributed by atoms with E-state index >= 15 is 0 Å². The smallest absolute Gasteiger partial charge is 0.338 e. The average Bonchev–Trinajstić information content (AvgIpc) is 2.37. The Kier molecular flexibility index (Phi) is 4.20. The summed E-state index contributed by atoms with van der Waals surface area (Å²) in [7, 11) is -3.91. The lowest BCUT2D eigenvalue weighted by molar-refractivity contribution is 0.0697. The molecule has 2 N–H and O–H groups in total. The van der Waals surface area contributed by atoms with Gasteiger partial charge < -0.3 is 5.11 Å². The minimum absolute atomic E-state index is 0.0162. The van der Waals surface area contributed by atoms with Crippen LogP contribution < -0.4 is 4.72 Å². The Hall–Kier alpha value is -2.05. The monoisotopic (exact) mass is 325 g/mol. The molecule has 110 valence electrons. The van der Waals surface area contributed by atoms with Crippen LogP contribution in [0.3, 0.4) is 0 Å². The summed E-state index contributed by atoms with van der Waals surface area (Å²) in [6.07, 6.45) is 0. The highest BCUT2D eigenvalue weighted by atomic mass is 35.5. The minimum Gasteiger partial charge on any atom is -0.478 e. The van der Waals surface area contributed by atoms with E-state index in [0.717, 1.165) is 0 Å². The molecule has 0 aliphatic heterocycles. The predicted molar refractivity (Wildman–Crippen MR) is 80.4 cm³/mol. The molecule has 0 saturated heterocycles. The highest BCUT2D eigenvalue weighted by Gasteiger charge is 2.19. The molecule has 0 fully saturated rings. The molecule has 0 atom stereocenters. The number of aromatic carboxylic acids is 1. The van der Waals surface area contributed by atoms with Gasteiger partial charge in [-0.15, -0.1) is 0 Å². The molecule has 0 unspecified atom stereocenters. The number of carboxylic acid groups (broad SMARTS) is 1. The number of sulfonamides is 1. The molecule has 2 rings (SSSR count). The number of halogens is 1. The number of hydrogen-bond acceptors (Lipinski definition) is 3. The van der Waals surface area contributed by atoms with E-state index in [0.29, 0.717) is 5.56 Å². The van der Waals surface area contributed by atoms with E-state index in [-0.39, 0.29) is 21.2 Å². The van der Waals surface area contributed by atoms with Gasteiger partial charge in [-0.05, 0) is 36.8 Å². The highest BCUT2D eigenvalue weighted by molar-refractivity contribution is 7.92. The standard InChI is InChI=1S/C14H12ClNO4S/c1-9-4-2-7-12(13(9)14(17)18)16-21(19,20)11-6-3-5-10(15)8-11/h2-8,16H,1H3,(H,17,18). The van der Waals surface area contributed by atoms with Crippen molar-refractivity contribution in [3.05, 3.63) is 58.6 Å². The number of hydrogen-bond donors (Lipinski definition) is 2.